The SMILES string of the molecule is CN(CCc1cccc2ccccc12)C(=O)C1CCCNC1.Cl. The van der Waals surface area contributed by atoms with Crippen molar-refractivity contribution in [3.63, 3.8) is 0 Å². The molecule has 0 bridgehead atoms. The van der Waals surface area contributed by atoms with Crippen LogP contribution in [0.3, 0.4) is 0 Å². The summed E-state index contributed by atoms with van der Waals surface area (Å²) >= 11 is 0. The van der Waals surface area contributed by atoms with Gasteiger partial charge in [-0.15, -0.1) is 12.4 Å². The van der Waals surface area contributed by atoms with E-state index in [4.69, 9.17) is 0 Å². The van der Waals surface area contributed by atoms with E-state index in [0.717, 1.165) is 38.9 Å². The molecule has 1 saturated heterocycles. The largest absolute Gasteiger partial charge is 0.345 e. The summed E-state index contributed by atoms with van der Waals surface area (Å²) in [7, 11) is 1.93. The zero-order valence-electron chi connectivity index (χ0n) is 13.6. The van der Waals surface area contributed by atoms with Crippen molar-refractivity contribution < 1.29 is 4.79 Å². The van der Waals surface area contributed by atoms with Crippen LogP contribution in [0.4, 0.5) is 0 Å². The number of carbonyl (C=O) groups excluding carboxylic acids is 1. The van der Waals surface area contributed by atoms with Crippen molar-refractivity contribution in [2.24, 2.45) is 5.92 Å². The molecule has 0 saturated carbocycles. The standard InChI is InChI=1S/C19H24N2O.ClH/c1-21(19(22)17-9-5-12-20-14-17)13-11-16-8-4-7-15-6-2-3-10-18(15)16;/h2-4,6-8,10,17,20H,5,9,11-14H2,1H3;1H. The van der Waals surface area contributed by atoms with Gasteiger partial charge in [0.2, 0.25) is 5.91 Å². The minimum absolute atomic E-state index is 0. The highest BCUT2D eigenvalue weighted by atomic mass is 35.5. The Morgan fingerprint density at radius 2 is 2.00 bits per heavy atom. The fourth-order valence-electron chi connectivity index (χ4n) is 3.28. The van der Waals surface area contributed by atoms with Crippen LogP contribution in [0, 0.1) is 5.92 Å². The lowest BCUT2D eigenvalue weighted by Gasteiger charge is -2.27. The molecular formula is C19H25ClN2O. The molecule has 1 heterocycles. The van der Waals surface area contributed by atoms with Crippen LogP contribution < -0.4 is 5.32 Å². The average Bonchev–Trinajstić information content (AvgIpc) is 2.59. The second kappa shape index (κ2) is 8.32. The molecule has 3 rings (SSSR count). The molecule has 1 N–H and O–H groups in total. The number of rotatable bonds is 4. The smallest absolute Gasteiger partial charge is 0.226 e. The van der Waals surface area contributed by atoms with Gasteiger partial charge in [0.05, 0.1) is 5.92 Å². The van der Waals surface area contributed by atoms with Gasteiger partial charge in [0.15, 0.2) is 0 Å². The zero-order chi connectivity index (χ0) is 15.4. The molecule has 23 heavy (non-hydrogen) atoms. The van der Waals surface area contributed by atoms with E-state index in [1.165, 1.54) is 16.3 Å². The van der Waals surface area contributed by atoms with E-state index < -0.39 is 0 Å². The Bertz CT molecular complexity index is 647. The second-order valence-corrected chi connectivity index (χ2v) is 6.19. The van der Waals surface area contributed by atoms with E-state index in [2.05, 4.69) is 47.8 Å². The van der Waals surface area contributed by atoms with Crippen molar-refractivity contribution in [3.8, 4) is 0 Å². The highest BCUT2D eigenvalue weighted by Crippen LogP contribution is 2.19. The van der Waals surface area contributed by atoms with Crippen LogP contribution in [0.5, 0.6) is 0 Å². The van der Waals surface area contributed by atoms with E-state index in [-0.39, 0.29) is 24.2 Å². The van der Waals surface area contributed by atoms with Crippen LogP contribution in [0.25, 0.3) is 10.8 Å². The number of piperidine rings is 1. The van der Waals surface area contributed by atoms with E-state index in [9.17, 15) is 4.79 Å². The molecule has 124 valence electrons. The summed E-state index contributed by atoms with van der Waals surface area (Å²) in [4.78, 5) is 14.4. The summed E-state index contributed by atoms with van der Waals surface area (Å²) < 4.78 is 0. The predicted octanol–water partition coefficient (Wildman–Crippen LogP) is 3.26. The fourth-order valence-corrected chi connectivity index (χ4v) is 3.28. The number of likely N-dealkylation sites (N-methyl/N-ethyl adjacent to an activating group) is 1. The van der Waals surface area contributed by atoms with Gasteiger partial charge in [-0.2, -0.15) is 0 Å². The van der Waals surface area contributed by atoms with Crippen molar-refractivity contribution in [2.75, 3.05) is 26.7 Å². The first-order chi connectivity index (χ1) is 10.8. The molecule has 2 aromatic carbocycles. The van der Waals surface area contributed by atoms with Gasteiger partial charge in [0.25, 0.3) is 0 Å². The molecule has 1 unspecified atom stereocenters. The molecule has 4 heteroatoms. The molecule has 0 aromatic heterocycles. The molecule has 1 aliphatic rings. The molecule has 2 aromatic rings. The van der Waals surface area contributed by atoms with Crippen molar-refractivity contribution >= 4 is 29.1 Å². The molecule has 1 atom stereocenters. The minimum Gasteiger partial charge on any atom is -0.345 e. The predicted molar refractivity (Wildman–Crippen MR) is 98.1 cm³/mol. The van der Waals surface area contributed by atoms with Crippen LogP contribution in [-0.2, 0) is 11.2 Å². The van der Waals surface area contributed by atoms with Crippen molar-refractivity contribution in [2.45, 2.75) is 19.3 Å². The molecule has 0 radical (unpaired) electrons. The number of hydrogen-bond donors (Lipinski definition) is 1. The van der Waals surface area contributed by atoms with Crippen molar-refractivity contribution in [1.29, 1.82) is 0 Å². The fraction of sp³-hybridized carbons (Fsp3) is 0.421. The number of hydrogen-bond acceptors (Lipinski definition) is 2. The van der Waals surface area contributed by atoms with Crippen LogP contribution in [0.15, 0.2) is 42.5 Å². The lowest BCUT2D eigenvalue weighted by Crippen LogP contribution is -2.42. The molecule has 1 amide bonds. The Balaban J connectivity index is 0.00000192. The Hall–Kier alpha value is -1.58. The van der Waals surface area contributed by atoms with Crippen LogP contribution >= 0.6 is 12.4 Å². The van der Waals surface area contributed by atoms with Gasteiger partial charge in [-0.1, -0.05) is 42.5 Å². The maximum atomic E-state index is 12.5. The lowest BCUT2D eigenvalue weighted by molar-refractivity contribution is -0.134. The van der Waals surface area contributed by atoms with Crippen LogP contribution in [-0.4, -0.2) is 37.5 Å². The number of benzene rings is 2. The molecule has 0 aliphatic carbocycles. The van der Waals surface area contributed by atoms with E-state index in [1.54, 1.807) is 0 Å². The lowest BCUT2D eigenvalue weighted by atomic mass is 9.97. The van der Waals surface area contributed by atoms with Crippen molar-refractivity contribution in [3.05, 3.63) is 48.0 Å². The van der Waals surface area contributed by atoms with Gasteiger partial charge in [-0.3, -0.25) is 4.79 Å². The summed E-state index contributed by atoms with van der Waals surface area (Å²) in [5, 5.41) is 5.89. The molecular weight excluding hydrogens is 308 g/mol. The third kappa shape index (κ3) is 4.24. The number of halogens is 1. The normalized spacial score (nSPS) is 17.5. The zero-order valence-corrected chi connectivity index (χ0v) is 14.4. The van der Waals surface area contributed by atoms with Gasteiger partial charge >= 0.3 is 0 Å². The highest BCUT2D eigenvalue weighted by molar-refractivity contribution is 5.86. The minimum atomic E-state index is 0. The third-order valence-electron chi connectivity index (χ3n) is 4.62. The van der Waals surface area contributed by atoms with Crippen molar-refractivity contribution in [1.82, 2.24) is 10.2 Å². The van der Waals surface area contributed by atoms with Gasteiger partial charge < -0.3 is 10.2 Å². The highest BCUT2D eigenvalue weighted by Gasteiger charge is 2.23. The number of nitrogens with zero attached hydrogens (tertiary/aromatic N) is 1. The third-order valence-corrected chi connectivity index (χ3v) is 4.62. The molecule has 3 nitrogen and oxygen atoms in total. The first-order valence-electron chi connectivity index (χ1n) is 8.18. The van der Waals surface area contributed by atoms with Crippen LogP contribution in [0.2, 0.25) is 0 Å². The van der Waals surface area contributed by atoms with E-state index >= 15 is 0 Å². The number of carbonyl (C=O) groups is 1. The maximum Gasteiger partial charge on any atom is 0.226 e. The maximum absolute atomic E-state index is 12.5. The summed E-state index contributed by atoms with van der Waals surface area (Å²) in [6, 6.07) is 14.9. The first-order valence-corrected chi connectivity index (χ1v) is 8.18. The number of fused-ring (bicyclic) bond motifs is 1. The second-order valence-electron chi connectivity index (χ2n) is 6.19. The summed E-state index contributed by atoms with van der Waals surface area (Å²) in [6.07, 6.45) is 3.03. The monoisotopic (exact) mass is 332 g/mol. The summed E-state index contributed by atoms with van der Waals surface area (Å²) in [6.45, 7) is 2.66. The topological polar surface area (TPSA) is 32.3 Å². The van der Waals surface area contributed by atoms with Crippen LogP contribution in [0.1, 0.15) is 18.4 Å². The van der Waals surface area contributed by atoms with Gasteiger partial charge in [-0.25, -0.2) is 0 Å². The van der Waals surface area contributed by atoms with Gasteiger partial charge in [0, 0.05) is 20.1 Å². The Labute approximate surface area is 144 Å². The Morgan fingerprint density at radius 1 is 1.22 bits per heavy atom. The average molecular weight is 333 g/mol. The number of nitrogens with one attached hydrogen (secondary N) is 1. The molecule has 1 aliphatic heterocycles. The van der Waals surface area contributed by atoms with Gasteiger partial charge in [0.1, 0.15) is 0 Å². The van der Waals surface area contributed by atoms with E-state index in [1.807, 2.05) is 11.9 Å². The Kier molecular flexibility index (Phi) is 6.43. The summed E-state index contributed by atoms with van der Waals surface area (Å²) in [5.74, 6) is 0.443. The van der Waals surface area contributed by atoms with E-state index in [0.29, 0.717) is 0 Å². The number of amides is 1. The molecule has 1 fully saturated rings. The van der Waals surface area contributed by atoms with Gasteiger partial charge in [-0.05, 0) is 42.1 Å². The molecule has 0 spiro atoms. The summed E-state index contributed by atoms with van der Waals surface area (Å²) in [5.41, 5.74) is 1.32. The quantitative estimate of drug-likeness (QED) is 0.932. The Morgan fingerprint density at radius 3 is 2.78 bits per heavy atom. The first kappa shape index (κ1) is 17.8.